The van der Waals surface area contributed by atoms with Crippen molar-refractivity contribution in [3.8, 4) is 0 Å². The van der Waals surface area contributed by atoms with E-state index < -0.39 is 20.0 Å². The fourth-order valence-corrected chi connectivity index (χ4v) is 7.37. The first kappa shape index (κ1) is 52.2. The molecule has 3 unspecified atom stereocenters. The molecule has 3 N–H and O–H groups in total. The molecule has 0 saturated carbocycles. The Morgan fingerprint density at radius 3 is 1.40 bits per heavy atom. The van der Waals surface area contributed by atoms with E-state index in [0.29, 0.717) is 17.4 Å². The molecule has 316 valence electrons. The van der Waals surface area contributed by atoms with Crippen LogP contribution in [0.3, 0.4) is 0 Å². The monoisotopic (exact) mass is 774 g/mol. The number of quaternary nitrogens is 1. The summed E-state index contributed by atoms with van der Waals surface area (Å²) in [6.07, 6.45) is 41.3. The molecule has 8 nitrogen and oxygen atoms in total. The lowest BCUT2D eigenvalue weighted by molar-refractivity contribution is -0.870. The Kier molecular flexibility index (Phi) is 36.3. The second kappa shape index (κ2) is 36.9. The van der Waals surface area contributed by atoms with Gasteiger partial charge < -0.3 is 19.8 Å². The van der Waals surface area contributed by atoms with Crippen molar-refractivity contribution in [3.63, 3.8) is 0 Å². The Bertz CT molecular complexity index is 880. The highest BCUT2D eigenvalue weighted by Gasteiger charge is 2.27. The summed E-state index contributed by atoms with van der Waals surface area (Å²) in [6, 6.07) is -0.839. The lowest BCUT2D eigenvalue weighted by Gasteiger charge is -2.25. The maximum atomic E-state index is 12.9. The van der Waals surface area contributed by atoms with E-state index in [1.54, 1.807) is 6.08 Å². The minimum Gasteiger partial charge on any atom is -0.387 e. The number of aliphatic hydroxyl groups excluding tert-OH is 1. The summed E-state index contributed by atoms with van der Waals surface area (Å²) in [5.41, 5.74) is 0. The predicted octanol–water partition coefficient (Wildman–Crippen LogP) is 12.4. The van der Waals surface area contributed by atoms with Crippen LogP contribution < -0.4 is 5.32 Å². The van der Waals surface area contributed by atoms with Crippen molar-refractivity contribution in [2.24, 2.45) is 0 Å². The van der Waals surface area contributed by atoms with E-state index in [2.05, 4.69) is 19.2 Å². The van der Waals surface area contributed by atoms with Gasteiger partial charge in [-0.1, -0.05) is 199 Å². The van der Waals surface area contributed by atoms with Gasteiger partial charge in [-0.25, -0.2) is 4.57 Å². The number of likely N-dealkylation sites (N-methyl/N-ethyl adjacent to an activating group) is 1. The molecule has 0 rings (SSSR count). The number of unbranched alkanes of at least 4 members (excludes halogenated alkanes) is 28. The molecule has 3 atom stereocenters. The molecule has 9 heteroatoms. The zero-order valence-corrected chi connectivity index (χ0v) is 36.7. The van der Waals surface area contributed by atoms with Crippen molar-refractivity contribution in [1.82, 2.24) is 5.32 Å². The summed E-state index contributed by atoms with van der Waals surface area (Å²) < 4.78 is 23.6. The second-order valence-electron chi connectivity index (χ2n) is 16.8. The molecule has 53 heavy (non-hydrogen) atoms. The number of amides is 1. The first-order valence-electron chi connectivity index (χ1n) is 22.6. The minimum atomic E-state index is -4.33. The minimum absolute atomic E-state index is 0.0646. The Morgan fingerprint density at radius 2 is 1.00 bits per heavy atom. The third-order valence-electron chi connectivity index (χ3n) is 10.3. The van der Waals surface area contributed by atoms with Crippen LogP contribution in [-0.4, -0.2) is 73.4 Å². The first-order valence-corrected chi connectivity index (χ1v) is 24.1. The van der Waals surface area contributed by atoms with Gasteiger partial charge in [-0.05, 0) is 19.3 Å². The van der Waals surface area contributed by atoms with Crippen LogP contribution in [0, 0.1) is 0 Å². The molecule has 0 aromatic carbocycles. The molecule has 0 aliphatic heterocycles. The highest BCUT2D eigenvalue weighted by atomic mass is 31.2. The Labute approximate surface area is 329 Å². The maximum absolute atomic E-state index is 12.9. The average molecular weight is 774 g/mol. The van der Waals surface area contributed by atoms with Crippen LogP contribution in [0.2, 0.25) is 0 Å². The van der Waals surface area contributed by atoms with Gasteiger partial charge in [0.1, 0.15) is 13.2 Å². The van der Waals surface area contributed by atoms with Crippen molar-refractivity contribution in [3.05, 3.63) is 12.2 Å². The van der Waals surface area contributed by atoms with E-state index in [4.69, 9.17) is 9.05 Å². The van der Waals surface area contributed by atoms with Gasteiger partial charge in [0, 0.05) is 6.42 Å². The Balaban J connectivity index is 4.39. The number of phosphoric ester groups is 1. The van der Waals surface area contributed by atoms with Crippen LogP contribution in [0.4, 0.5) is 0 Å². The number of nitrogens with one attached hydrogen (secondary N) is 1. The second-order valence-corrected chi connectivity index (χ2v) is 18.2. The number of rotatable bonds is 41. The van der Waals surface area contributed by atoms with Gasteiger partial charge in [-0.3, -0.25) is 13.8 Å². The van der Waals surface area contributed by atoms with Crippen molar-refractivity contribution in [1.29, 1.82) is 0 Å². The van der Waals surface area contributed by atoms with Gasteiger partial charge in [0.2, 0.25) is 5.91 Å². The molecule has 0 saturated heterocycles. The van der Waals surface area contributed by atoms with E-state index >= 15 is 0 Å². The zero-order valence-electron chi connectivity index (χ0n) is 35.8. The smallest absolute Gasteiger partial charge is 0.387 e. The topological polar surface area (TPSA) is 105 Å². The van der Waals surface area contributed by atoms with Crippen LogP contribution in [0.25, 0.3) is 0 Å². The van der Waals surface area contributed by atoms with E-state index in [0.717, 1.165) is 32.1 Å². The van der Waals surface area contributed by atoms with Crippen molar-refractivity contribution in [2.45, 2.75) is 225 Å². The lowest BCUT2D eigenvalue weighted by Crippen LogP contribution is -2.45. The van der Waals surface area contributed by atoms with Gasteiger partial charge in [-0.2, -0.15) is 0 Å². The van der Waals surface area contributed by atoms with Crippen LogP contribution in [0.1, 0.15) is 213 Å². The van der Waals surface area contributed by atoms with Gasteiger partial charge in [0.05, 0.1) is 39.9 Å². The number of hydrogen-bond donors (Lipinski definition) is 3. The molecule has 0 aliphatic carbocycles. The number of hydrogen-bond acceptors (Lipinski definition) is 5. The molecule has 0 spiro atoms. The number of phosphoric acid groups is 1. The van der Waals surface area contributed by atoms with E-state index in [-0.39, 0.29) is 19.1 Å². The molecule has 0 bridgehead atoms. The third-order valence-corrected chi connectivity index (χ3v) is 11.2. The molecule has 0 aromatic rings. The molecular formula is C44H90N2O6P+. The van der Waals surface area contributed by atoms with E-state index in [9.17, 15) is 19.4 Å². The van der Waals surface area contributed by atoms with Gasteiger partial charge in [-0.15, -0.1) is 0 Å². The Hall–Kier alpha value is -0.760. The van der Waals surface area contributed by atoms with Crippen molar-refractivity contribution >= 4 is 13.7 Å². The lowest BCUT2D eigenvalue weighted by atomic mass is 10.0. The highest BCUT2D eigenvalue weighted by Crippen LogP contribution is 2.43. The van der Waals surface area contributed by atoms with Crippen molar-refractivity contribution < 1.29 is 32.9 Å². The fourth-order valence-electron chi connectivity index (χ4n) is 6.63. The molecule has 0 fully saturated rings. The standard InChI is InChI=1S/C44H89N2O6P/c1-6-8-10-12-14-16-18-20-22-24-26-28-30-32-34-36-38-44(48)45-42(41-52-53(49,50)51-40-39-46(3,4)5)43(47)37-35-33-31-29-27-25-23-21-19-17-15-13-11-9-7-2/h35,37,42-43,47H,6-34,36,38-41H2,1-5H3,(H-,45,48,49,50)/p+1/b37-35+. The van der Waals surface area contributed by atoms with Crippen LogP contribution in [-0.2, 0) is 18.4 Å². The average Bonchev–Trinajstić information content (AvgIpc) is 3.10. The normalized spacial score (nSPS) is 14.5. The van der Waals surface area contributed by atoms with Crippen LogP contribution in [0.5, 0.6) is 0 Å². The van der Waals surface area contributed by atoms with Gasteiger partial charge in [0.25, 0.3) is 0 Å². The summed E-state index contributed by atoms with van der Waals surface area (Å²) in [5.74, 6) is -0.174. The number of carbonyl (C=O) groups is 1. The Morgan fingerprint density at radius 1 is 0.623 bits per heavy atom. The number of nitrogens with zero attached hydrogens (tertiary/aromatic N) is 1. The van der Waals surface area contributed by atoms with E-state index in [1.165, 1.54) is 161 Å². The molecule has 0 aromatic heterocycles. The first-order chi connectivity index (χ1) is 25.5. The summed E-state index contributed by atoms with van der Waals surface area (Å²) in [4.78, 5) is 23.1. The molecular weight excluding hydrogens is 683 g/mol. The third kappa shape index (κ3) is 39.3. The summed E-state index contributed by atoms with van der Waals surface area (Å²) in [5, 5.41) is 13.8. The summed E-state index contributed by atoms with van der Waals surface area (Å²) >= 11 is 0. The van der Waals surface area contributed by atoms with E-state index in [1.807, 2.05) is 27.2 Å². The summed E-state index contributed by atoms with van der Waals surface area (Å²) in [7, 11) is 1.58. The maximum Gasteiger partial charge on any atom is 0.472 e. The predicted molar refractivity (Wildman–Crippen MR) is 226 cm³/mol. The highest BCUT2D eigenvalue weighted by molar-refractivity contribution is 7.47. The number of allylic oxidation sites excluding steroid dienone is 1. The largest absolute Gasteiger partial charge is 0.472 e. The van der Waals surface area contributed by atoms with Crippen molar-refractivity contribution in [2.75, 3.05) is 40.9 Å². The van der Waals surface area contributed by atoms with Crippen LogP contribution >= 0.6 is 7.82 Å². The fraction of sp³-hybridized carbons (Fsp3) is 0.932. The van der Waals surface area contributed by atoms with Gasteiger partial charge >= 0.3 is 7.82 Å². The molecule has 0 heterocycles. The molecule has 0 radical (unpaired) electrons. The zero-order chi connectivity index (χ0) is 39.3. The number of aliphatic hydroxyl groups is 1. The quantitative estimate of drug-likeness (QED) is 0.0247. The van der Waals surface area contributed by atoms with Gasteiger partial charge in [0.15, 0.2) is 0 Å². The molecule has 0 aliphatic rings. The number of carbonyl (C=O) groups excluding carboxylic acids is 1. The van der Waals surface area contributed by atoms with Crippen LogP contribution in [0.15, 0.2) is 12.2 Å². The molecule has 1 amide bonds. The SMILES string of the molecule is CCCCCCCCCCCCCCC/C=C/C(O)C(COP(=O)(O)OCC[N+](C)(C)C)NC(=O)CCCCCCCCCCCCCCCCCC. The summed E-state index contributed by atoms with van der Waals surface area (Å²) in [6.45, 7) is 4.83.